The summed E-state index contributed by atoms with van der Waals surface area (Å²) in [5, 5.41) is 5.84. The number of allylic oxidation sites excluding steroid dienone is 2. The molecule has 0 spiro atoms. The highest BCUT2D eigenvalue weighted by Gasteiger charge is 2.32. The quantitative estimate of drug-likeness (QED) is 0.475. The number of halogens is 4. The molecule has 7 nitrogen and oxygen atoms in total. The lowest BCUT2D eigenvalue weighted by atomic mass is 10.3. The number of rotatable bonds is 8. The first-order valence-corrected chi connectivity index (χ1v) is 8.88. The van der Waals surface area contributed by atoms with Crippen molar-refractivity contribution in [2.24, 2.45) is 4.99 Å². The molecule has 0 aromatic carbocycles. The number of anilines is 2. The van der Waals surface area contributed by atoms with Gasteiger partial charge in [-0.05, 0) is 39.0 Å². The van der Waals surface area contributed by atoms with Crippen molar-refractivity contribution >= 4 is 17.6 Å². The highest BCUT2D eigenvalue weighted by molar-refractivity contribution is 5.97. The van der Waals surface area contributed by atoms with Crippen LogP contribution in [0.15, 0.2) is 47.7 Å². The van der Waals surface area contributed by atoms with Gasteiger partial charge >= 0.3 is 6.18 Å². The predicted molar refractivity (Wildman–Crippen MR) is 108 cm³/mol. The van der Waals surface area contributed by atoms with Crippen molar-refractivity contribution in [3.05, 3.63) is 48.4 Å². The van der Waals surface area contributed by atoms with Crippen molar-refractivity contribution in [2.45, 2.75) is 33.0 Å². The molecular weight excluding hydrogens is 402 g/mol. The Balaban J connectivity index is 2.47. The Morgan fingerprint density at radius 3 is 2.47 bits per heavy atom. The van der Waals surface area contributed by atoms with Crippen LogP contribution in [0.4, 0.5) is 29.5 Å². The minimum Gasteiger partial charge on any atom is -0.352 e. The van der Waals surface area contributed by atoms with Crippen molar-refractivity contribution in [1.29, 1.82) is 0 Å². The van der Waals surface area contributed by atoms with E-state index in [1.807, 2.05) is 13.8 Å². The molecule has 2 aromatic rings. The SMILES string of the molecule is C=CN=C(/C=C(\C)Nc1nc(NC(C)C)nc(-c2cccc(C(F)(F)F)n2)n1)CF. The standard InChI is InChI=1S/C19H21F4N7/c1-5-24-13(10-20)9-12(4)26-18-29-16(28-17(30-18)25-11(2)3)14-7-6-8-15(27-14)19(21,22)23/h5-9,11H,1,10H2,2-4H3,(H2,25,26,28,29,30)/b12-9+,24-13?. The third kappa shape index (κ3) is 6.61. The van der Waals surface area contributed by atoms with Crippen LogP contribution in [0.5, 0.6) is 0 Å². The van der Waals surface area contributed by atoms with Gasteiger partial charge in [-0.15, -0.1) is 0 Å². The van der Waals surface area contributed by atoms with Gasteiger partial charge in [0, 0.05) is 17.9 Å². The van der Waals surface area contributed by atoms with Crippen LogP contribution in [0.1, 0.15) is 26.5 Å². The van der Waals surface area contributed by atoms with Crippen LogP contribution in [0.3, 0.4) is 0 Å². The van der Waals surface area contributed by atoms with E-state index in [1.165, 1.54) is 24.4 Å². The van der Waals surface area contributed by atoms with Crippen molar-refractivity contribution in [2.75, 3.05) is 17.3 Å². The number of nitrogens with zero attached hydrogens (tertiary/aromatic N) is 5. The van der Waals surface area contributed by atoms with Gasteiger partial charge in [0.25, 0.3) is 0 Å². The average Bonchev–Trinajstić information content (AvgIpc) is 2.66. The van der Waals surface area contributed by atoms with E-state index in [1.54, 1.807) is 6.92 Å². The lowest BCUT2D eigenvalue weighted by molar-refractivity contribution is -0.141. The fourth-order valence-corrected chi connectivity index (χ4v) is 2.28. The van der Waals surface area contributed by atoms with E-state index >= 15 is 0 Å². The maximum Gasteiger partial charge on any atom is 0.433 e. The van der Waals surface area contributed by atoms with E-state index in [4.69, 9.17) is 0 Å². The summed E-state index contributed by atoms with van der Waals surface area (Å²) in [6.07, 6.45) is -1.96. The number of hydrogen-bond acceptors (Lipinski definition) is 7. The van der Waals surface area contributed by atoms with E-state index in [0.29, 0.717) is 5.70 Å². The van der Waals surface area contributed by atoms with Gasteiger partial charge in [-0.3, -0.25) is 4.99 Å². The zero-order chi connectivity index (χ0) is 22.3. The van der Waals surface area contributed by atoms with Crippen LogP contribution in [-0.4, -0.2) is 38.4 Å². The fraction of sp³-hybridized carbons (Fsp3) is 0.316. The molecule has 0 unspecified atom stereocenters. The molecule has 160 valence electrons. The molecule has 0 aliphatic rings. The number of aliphatic imine (C=N–C) groups is 1. The number of hydrogen-bond donors (Lipinski definition) is 2. The summed E-state index contributed by atoms with van der Waals surface area (Å²) in [5.74, 6) is 0.142. The molecule has 0 aliphatic carbocycles. The van der Waals surface area contributed by atoms with Crippen molar-refractivity contribution in [1.82, 2.24) is 19.9 Å². The van der Waals surface area contributed by atoms with Gasteiger partial charge in [-0.2, -0.15) is 28.1 Å². The molecule has 0 amide bonds. The second kappa shape index (κ2) is 9.90. The Hall–Kier alpha value is -3.37. The van der Waals surface area contributed by atoms with Crippen LogP contribution >= 0.6 is 0 Å². The first-order chi connectivity index (χ1) is 14.1. The lowest BCUT2D eigenvalue weighted by Gasteiger charge is -2.13. The number of alkyl halides is 4. The smallest absolute Gasteiger partial charge is 0.352 e. The summed E-state index contributed by atoms with van der Waals surface area (Å²) < 4.78 is 52.0. The summed E-state index contributed by atoms with van der Waals surface area (Å²) in [5.41, 5.74) is -0.541. The topological polar surface area (TPSA) is 88.0 Å². The van der Waals surface area contributed by atoms with Gasteiger partial charge in [0.2, 0.25) is 11.9 Å². The molecule has 0 fully saturated rings. The Labute approximate surface area is 171 Å². The molecule has 0 atom stereocenters. The second-order valence-corrected chi connectivity index (χ2v) is 6.40. The third-order valence-corrected chi connectivity index (χ3v) is 3.41. The van der Waals surface area contributed by atoms with Gasteiger partial charge in [-0.1, -0.05) is 12.6 Å². The normalized spacial score (nSPS) is 12.8. The van der Waals surface area contributed by atoms with Crippen LogP contribution in [-0.2, 0) is 6.18 Å². The van der Waals surface area contributed by atoms with E-state index in [9.17, 15) is 17.6 Å². The maximum absolute atomic E-state index is 13.0. The molecule has 2 rings (SSSR count). The second-order valence-electron chi connectivity index (χ2n) is 6.40. The highest BCUT2D eigenvalue weighted by atomic mass is 19.4. The van der Waals surface area contributed by atoms with Gasteiger partial charge in [0.05, 0.1) is 5.71 Å². The predicted octanol–water partition coefficient (Wildman–Crippen LogP) is 4.64. The zero-order valence-corrected chi connectivity index (χ0v) is 16.6. The molecule has 2 N–H and O–H groups in total. The summed E-state index contributed by atoms with van der Waals surface area (Å²) in [6.45, 7) is 7.95. The Kier molecular flexibility index (Phi) is 7.56. The van der Waals surface area contributed by atoms with Gasteiger partial charge in [-0.25, -0.2) is 9.37 Å². The highest BCUT2D eigenvalue weighted by Crippen LogP contribution is 2.29. The molecule has 0 saturated heterocycles. The van der Waals surface area contributed by atoms with Crippen molar-refractivity contribution < 1.29 is 17.6 Å². The van der Waals surface area contributed by atoms with Gasteiger partial charge in [0.1, 0.15) is 18.1 Å². The molecule has 0 saturated carbocycles. The van der Waals surface area contributed by atoms with Crippen molar-refractivity contribution in [3.63, 3.8) is 0 Å². The Morgan fingerprint density at radius 2 is 1.87 bits per heavy atom. The molecular formula is C19H21F4N7. The fourth-order valence-electron chi connectivity index (χ4n) is 2.28. The van der Waals surface area contributed by atoms with E-state index in [2.05, 4.69) is 42.1 Å². The van der Waals surface area contributed by atoms with Crippen LogP contribution in [0, 0.1) is 0 Å². The molecule has 30 heavy (non-hydrogen) atoms. The Morgan fingerprint density at radius 1 is 1.17 bits per heavy atom. The van der Waals surface area contributed by atoms with E-state index in [-0.39, 0.29) is 35.2 Å². The minimum absolute atomic E-state index is 0.0444. The van der Waals surface area contributed by atoms with Crippen LogP contribution < -0.4 is 10.6 Å². The number of nitrogens with one attached hydrogen (secondary N) is 2. The monoisotopic (exact) mass is 423 g/mol. The minimum atomic E-state index is -4.60. The summed E-state index contributed by atoms with van der Waals surface area (Å²) in [4.78, 5) is 19.9. The average molecular weight is 423 g/mol. The largest absolute Gasteiger partial charge is 0.433 e. The molecule has 0 bridgehead atoms. The number of pyridine rings is 1. The molecule has 11 heteroatoms. The van der Waals surface area contributed by atoms with Crippen LogP contribution in [0.25, 0.3) is 11.5 Å². The zero-order valence-electron chi connectivity index (χ0n) is 16.6. The van der Waals surface area contributed by atoms with Gasteiger partial charge in [0.15, 0.2) is 5.82 Å². The maximum atomic E-state index is 13.0. The molecule has 0 radical (unpaired) electrons. The summed E-state index contributed by atoms with van der Waals surface area (Å²) >= 11 is 0. The first-order valence-electron chi connectivity index (χ1n) is 8.88. The van der Waals surface area contributed by atoms with Gasteiger partial charge < -0.3 is 10.6 Å². The van der Waals surface area contributed by atoms with E-state index < -0.39 is 18.5 Å². The number of aromatic nitrogens is 4. The van der Waals surface area contributed by atoms with Crippen LogP contribution in [0.2, 0.25) is 0 Å². The molecule has 2 aromatic heterocycles. The summed E-state index contributed by atoms with van der Waals surface area (Å²) in [7, 11) is 0. The molecule has 2 heterocycles. The lowest BCUT2D eigenvalue weighted by Crippen LogP contribution is -2.15. The summed E-state index contributed by atoms with van der Waals surface area (Å²) in [6, 6.07) is 3.41. The molecule has 0 aliphatic heterocycles. The van der Waals surface area contributed by atoms with E-state index in [0.717, 1.165) is 6.07 Å². The Bertz CT molecular complexity index is 952. The first kappa shape index (κ1) is 22.9. The van der Waals surface area contributed by atoms with Crippen molar-refractivity contribution in [3.8, 4) is 11.5 Å². The third-order valence-electron chi connectivity index (χ3n) is 3.41.